The van der Waals surface area contributed by atoms with E-state index in [1.165, 1.54) is 225 Å². The Labute approximate surface area is 575 Å². The molecule has 0 bridgehead atoms. The van der Waals surface area contributed by atoms with Crippen molar-refractivity contribution < 1.29 is 80.2 Å². The fourth-order valence-electron chi connectivity index (χ4n) is 11.6. The molecule has 0 heterocycles. The third-order valence-electron chi connectivity index (χ3n) is 17.6. The first-order valence-electron chi connectivity index (χ1n) is 39.3. The lowest BCUT2D eigenvalue weighted by Gasteiger charge is -2.21. The van der Waals surface area contributed by atoms with Gasteiger partial charge in [0.1, 0.15) is 19.3 Å². The van der Waals surface area contributed by atoms with Gasteiger partial charge in [-0.05, 0) is 25.7 Å². The topological polar surface area (TPSA) is 237 Å². The summed E-state index contributed by atoms with van der Waals surface area (Å²) in [5, 5.41) is 10.6. The van der Waals surface area contributed by atoms with Gasteiger partial charge in [-0.3, -0.25) is 37.3 Å². The Hall–Kier alpha value is -1.94. The van der Waals surface area contributed by atoms with Gasteiger partial charge in [-0.15, -0.1) is 0 Å². The molecule has 558 valence electrons. The first-order valence-corrected chi connectivity index (χ1v) is 42.3. The molecular weight excluding hydrogens is 1230 g/mol. The molecule has 0 aromatic heterocycles. The maximum Gasteiger partial charge on any atom is 0.472 e. The second-order valence-electron chi connectivity index (χ2n) is 27.0. The highest BCUT2D eigenvalue weighted by molar-refractivity contribution is 7.47. The summed E-state index contributed by atoms with van der Waals surface area (Å²) in [6, 6.07) is 0. The van der Waals surface area contributed by atoms with Crippen molar-refractivity contribution in [2.24, 2.45) is 0 Å². The van der Waals surface area contributed by atoms with E-state index >= 15 is 0 Å². The molecule has 0 rings (SSSR count). The molecule has 3 N–H and O–H groups in total. The fraction of sp³-hybridized carbons (Fsp3) is 0.947. The van der Waals surface area contributed by atoms with Gasteiger partial charge in [0.05, 0.1) is 26.4 Å². The molecule has 0 aliphatic rings. The average Bonchev–Trinajstić information content (AvgIpc) is 1.50. The van der Waals surface area contributed by atoms with E-state index in [0.29, 0.717) is 25.7 Å². The Morgan fingerprint density at radius 3 is 0.628 bits per heavy atom. The number of carbonyl (C=O) groups excluding carboxylic acids is 4. The number of unbranched alkanes of at least 4 members (excludes halogenated alkanes) is 50. The van der Waals surface area contributed by atoms with Gasteiger partial charge < -0.3 is 33.8 Å². The molecule has 0 aromatic carbocycles. The molecule has 0 aliphatic carbocycles. The summed E-state index contributed by atoms with van der Waals surface area (Å²) in [6.45, 7) is 4.94. The van der Waals surface area contributed by atoms with E-state index in [1.807, 2.05) is 0 Å². The molecule has 94 heavy (non-hydrogen) atoms. The number of rotatable bonds is 76. The number of ether oxygens (including phenoxy) is 4. The summed E-state index contributed by atoms with van der Waals surface area (Å²) >= 11 is 0. The molecule has 5 atom stereocenters. The number of phosphoric ester groups is 2. The third kappa shape index (κ3) is 68.6. The fourth-order valence-corrected chi connectivity index (χ4v) is 13.2. The van der Waals surface area contributed by atoms with Gasteiger partial charge in [-0.2, -0.15) is 0 Å². The normalized spacial score (nSPS) is 13.9. The largest absolute Gasteiger partial charge is 0.472 e. The van der Waals surface area contributed by atoms with Crippen LogP contribution in [0.2, 0.25) is 0 Å². The zero-order valence-electron chi connectivity index (χ0n) is 60.9. The number of phosphoric acid groups is 2. The predicted octanol–water partition coefficient (Wildman–Crippen LogP) is 22.2. The first kappa shape index (κ1) is 92.1. The minimum absolute atomic E-state index is 0.106. The van der Waals surface area contributed by atoms with Crippen molar-refractivity contribution in [3.8, 4) is 0 Å². The van der Waals surface area contributed by atoms with Crippen LogP contribution in [0, 0.1) is 0 Å². The van der Waals surface area contributed by atoms with Crippen LogP contribution in [-0.4, -0.2) is 96.7 Å². The van der Waals surface area contributed by atoms with E-state index in [0.717, 1.165) is 96.3 Å². The summed E-state index contributed by atoms with van der Waals surface area (Å²) in [4.78, 5) is 72.6. The van der Waals surface area contributed by atoms with Crippen molar-refractivity contribution in [3.63, 3.8) is 0 Å². The molecule has 0 fully saturated rings. The Kier molecular flexibility index (Phi) is 68.1. The van der Waals surface area contributed by atoms with Crippen LogP contribution < -0.4 is 0 Å². The summed E-state index contributed by atoms with van der Waals surface area (Å²) < 4.78 is 68.3. The highest BCUT2D eigenvalue weighted by atomic mass is 31.2. The number of aliphatic hydroxyl groups excluding tert-OH is 1. The summed E-state index contributed by atoms with van der Waals surface area (Å²) in [5.41, 5.74) is 0. The number of carbonyl (C=O) groups is 4. The van der Waals surface area contributed by atoms with Crippen LogP contribution in [-0.2, 0) is 65.4 Å². The molecule has 0 saturated heterocycles. The lowest BCUT2D eigenvalue weighted by Crippen LogP contribution is -2.30. The second kappa shape index (κ2) is 69.5. The van der Waals surface area contributed by atoms with Gasteiger partial charge in [0, 0.05) is 25.7 Å². The van der Waals surface area contributed by atoms with Crippen LogP contribution in [0.3, 0.4) is 0 Å². The number of hydrogen-bond acceptors (Lipinski definition) is 15. The molecule has 17 nitrogen and oxygen atoms in total. The maximum atomic E-state index is 13.1. The molecule has 19 heteroatoms. The van der Waals surface area contributed by atoms with Crippen molar-refractivity contribution in [2.75, 3.05) is 39.6 Å². The van der Waals surface area contributed by atoms with Crippen molar-refractivity contribution in [1.29, 1.82) is 0 Å². The number of esters is 4. The molecule has 0 saturated carbocycles. The second-order valence-corrected chi connectivity index (χ2v) is 29.9. The smallest absolute Gasteiger partial charge is 0.462 e. The Bertz CT molecular complexity index is 1790. The van der Waals surface area contributed by atoms with Gasteiger partial charge in [0.2, 0.25) is 0 Å². The van der Waals surface area contributed by atoms with Gasteiger partial charge in [0.15, 0.2) is 12.2 Å². The van der Waals surface area contributed by atoms with Crippen molar-refractivity contribution in [3.05, 3.63) is 0 Å². The molecule has 0 aliphatic heterocycles. The van der Waals surface area contributed by atoms with E-state index in [-0.39, 0.29) is 25.7 Å². The van der Waals surface area contributed by atoms with E-state index in [9.17, 15) is 43.2 Å². The molecule has 0 spiro atoms. The molecule has 0 radical (unpaired) electrons. The van der Waals surface area contributed by atoms with E-state index in [4.69, 9.17) is 37.0 Å². The lowest BCUT2D eigenvalue weighted by molar-refractivity contribution is -0.161. The highest BCUT2D eigenvalue weighted by Crippen LogP contribution is 2.45. The Morgan fingerprint density at radius 1 is 0.255 bits per heavy atom. The molecular formula is C75H146O17P2. The van der Waals surface area contributed by atoms with Gasteiger partial charge in [0.25, 0.3) is 0 Å². The third-order valence-corrected chi connectivity index (χ3v) is 19.5. The van der Waals surface area contributed by atoms with Crippen LogP contribution in [0.1, 0.15) is 400 Å². The standard InChI is InChI=1S/C75H146O17P2/c1-5-9-13-17-21-25-27-29-31-33-34-35-37-39-41-43-46-50-54-58-62-75(80)92-71(66-86-73(78)60-56-52-48-45-42-40-38-36-32-30-28-26-22-18-14-10-6-2)68-90-94(83,84)88-64-69(76)63-87-93(81,82)89-67-70(65-85-72(77)59-55-51-47-24-20-16-12-8-4)91-74(79)61-57-53-49-44-23-19-15-11-7-3/h69-71,76H,5-68H2,1-4H3,(H,81,82)(H,83,84)/t69-,70+,71+/m0/s1. The van der Waals surface area contributed by atoms with Crippen LogP contribution >= 0.6 is 15.6 Å². The van der Waals surface area contributed by atoms with E-state index in [1.54, 1.807) is 0 Å². The SMILES string of the molecule is CCCCCCCCCCCCCCCCCCCCCCC(=O)O[C@H](COC(=O)CCCCCCCCCCCCCCCCCCC)COP(=O)(O)OC[C@@H](O)COP(=O)(O)OC[C@@H](COC(=O)CCCCCCCCCC)OC(=O)CCCCCCCCCCC. The van der Waals surface area contributed by atoms with Crippen molar-refractivity contribution in [1.82, 2.24) is 0 Å². The van der Waals surface area contributed by atoms with Crippen LogP contribution in [0.15, 0.2) is 0 Å². The van der Waals surface area contributed by atoms with Gasteiger partial charge >= 0.3 is 39.5 Å². The minimum atomic E-state index is -4.95. The summed E-state index contributed by atoms with van der Waals surface area (Å²) in [6.07, 6.45) is 59.9. The van der Waals surface area contributed by atoms with Gasteiger partial charge in [-0.1, -0.05) is 349 Å². The summed E-state index contributed by atoms with van der Waals surface area (Å²) in [5.74, 6) is -2.12. The Morgan fingerprint density at radius 2 is 0.426 bits per heavy atom. The highest BCUT2D eigenvalue weighted by Gasteiger charge is 2.30. The monoisotopic (exact) mass is 1380 g/mol. The van der Waals surface area contributed by atoms with Crippen LogP contribution in [0.25, 0.3) is 0 Å². The quantitative estimate of drug-likeness (QED) is 0.0222. The zero-order chi connectivity index (χ0) is 69.0. The summed E-state index contributed by atoms with van der Waals surface area (Å²) in [7, 11) is -9.90. The minimum Gasteiger partial charge on any atom is -0.462 e. The zero-order valence-corrected chi connectivity index (χ0v) is 62.7. The molecule has 0 aromatic rings. The predicted molar refractivity (Wildman–Crippen MR) is 382 cm³/mol. The van der Waals surface area contributed by atoms with Crippen LogP contribution in [0.5, 0.6) is 0 Å². The van der Waals surface area contributed by atoms with Gasteiger partial charge in [-0.25, -0.2) is 9.13 Å². The van der Waals surface area contributed by atoms with E-state index in [2.05, 4.69) is 27.7 Å². The van der Waals surface area contributed by atoms with E-state index < -0.39 is 97.5 Å². The lowest BCUT2D eigenvalue weighted by atomic mass is 10.0. The number of hydrogen-bond donors (Lipinski definition) is 3. The first-order chi connectivity index (χ1) is 45.7. The Balaban J connectivity index is 5.16. The molecule has 0 amide bonds. The van der Waals surface area contributed by atoms with Crippen LogP contribution in [0.4, 0.5) is 0 Å². The number of aliphatic hydroxyl groups is 1. The molecule has 2 unspecified atom stereocenters. The average molecular weight is 1380 g/mol. The van der Waals surface area contributed by atoms with Crippen molar-refractivity contribution >= 4 is 39.5 Å². The maximum absolute atomic E-state index is 13.1. The van der Waals surface area contributed by atoms with Crippen molar-refractivity contribution in [2.45, 2.75) is 418 Å².